The van der Waals surface area contributed by atoms with Gasteiger partial charge in [-0.1, -0.05) is 29.4 Å². The van der Waals surface area contributed by atoms with Gasteiger partial charge in [0.05, 0.1) is 10.6 Å². The highest BCUT2D eigenvalue weighted by molar-refractivity contribution is 7.88. The third-order valence-electron chi connectivity index (χ3n) is 3.91. The first-order chi connectivity index (χ1) is 12.6. The average Bonchev–Trinajstić information content (AvgIpc) is 3.31. The molecule has 3 aromatic heterocycles. The molecular formula is C18H15N3O3S2. The van der Waals surface area contributed by atoms with Gasteiger partial charge in [0.25, 0.3) is 0 Å². The Labute approximate surface area is 154 Å². The number of rotatable bonds is 6. The van der Waals surface area contributed by atoms with E-state index in [1.165, 1.54) is 0 Å². The Balaban J connectivity index is 1.53. The second-order valence-electron chi connectivity index (χ2n) is 5.69. The molecule has 4 aromatic rings. The third kappa shape index (κ3) is 3.52. The van der Waals surface area contributed by atoms with E-state index < -0.39 is 10.0 Å². The van der Waals surface area contributed by atoms with Crippen LogP contribution in [0.15, 0.2) is 64.6 Å². The van der Waals surface area contributed by atoms with Crippen molar-refractivity contribution in [2.45, 2.75) is 12.3 Å². The van der Waals surface area contributed by atoms with Gasteiger partial charge in [0.1, 0.15) is 11.4 Å². The largest absolute Gasteiger partial charge is 0.356 e. The zero-order valence-electron chi connectivity index (χ0n) is 13.6. The number of nitrogens with one attached hydrogen (secondary N) is 1. The SMILES string of the molecule is O=S(=O)(Cc1noc2ccccc12)NCc1cccnc1-c1cccs1. The summed E-state index contributed by atoms with van der Waals surface area (Å²) in [6.07, 6.45) is 1.70. The number of hydrogen-bond acceptors (Lipinski definition) is 6. The Morgan fingerprint density at radius 1 is 1.08 bits per heavy atom. The van der Waals surface area contributed by atoms with Crippen LogP contribution >= 0.6 is 11.3 Å². The van der Waals surface area contributed by atoms with E-state index in [1.807, 2.05) is 35.7 Å². The van der Waals surface area contributed by atoms with Crippen molar-refractivity contribution in [1.29, 1.82) is 0 Å². The molecular weight excluding hydrogens is 370 g/mol. The summed E-state index contributed by atoms with van der Waals surface area (Å²) >= 11 is 1.57. The minimum atomic E-state index is -3.58. The molecule has 0 atom stereocenters. The van der Waals surface area contributed by atoms with Crippen LogP contribution in [0.25, 0.3) is 21.5 Å². The molecule has 1 N–H and O–H groups in total. The lowest BCUT2D eigenvalue weighted by Crippen LogP contribution is -2.25. The Hall–Kier alpha value is -2.55. The van der Waals surface area contributed by atoms with Gasteiger partial charge in [-0.15, -0.1) is 11.3 Å². The number of para-hydroxylation sites is 1. The standard InChI is InChI=1S/C18H15N3O3S2/c22-26(23,12-15-14-6-1-2-7-16(14)24-21-15)20-11-13-5-3-9-19-18(13)17-8-4-10-25-17/h1-10,20H,11-12H2. The summed E-state index contributed by atoms with van der Waals surface area (Å²) < 4.78 is 32.8. The third-order valence-corrected chi connectivity index (χ3v) is 6.02. The number of pyridine rings is 1. The van der Waals surface area contributed by atoms with Crippen LogP contribution in [-0.2, 0) is 22.3 Å². The Morgan fingerprint density at radius 3 is 2.81 bits per heavy atom. The van der Waals surface area contributed by atoms with Crippen molar-refractivity contribution >= 4 is 32.3 Å². The predicted molar refractivity (Wildman–Crippen MR) is 101 cm³/mol. The molecule has 1 aromatic carbocycles. The number of nitrogens with zero attached hydrogens (tertiary/aromatic N) is 2. The van der Waals surface area contributed by atoms with Gasteiger partial charge in [-0.3, -0.25) is 4.98 Å². The number of aromatic nitrogens is 2. The molecule has 0 aliphatic rings. The maximum absolute atomic E-state index is 12.5. The van der Waals surface area contributed by atoms with Crippen molar-refractivity contribution < 1.29 is 12.9 Å². The fourth-order valence-corrected chi connectivity index (χ4v) is 4.48. The first-order valence-electron chi connectivity index (χ1n) is 7.91. The second-order valence-corrected chi connectivity index (χ2v) is 8.45. The molecule has 0 aliphatic carbocycles. The van der Waals surface area contributed by atoms with Crippen LogP contribution in [-0.4, -0.2) is 18.6 Å². The van der Waals surface area contributed by atoms with Gasteiger partial charge >= 0.3 is 0 Å². The quantitative estimate of drug-likeness (QED) is 0.548. The summed E-state index contributed by atoms with van der Waals surface area (Å²) in [6.45, 7) is 0.166. The molecule has 8 heteroatoms. The maximum atomic E-state index is 12.5. The molecule has 6 nitrogen and oxygen atoms in total. The van der Waals surface area contributed by atoms with E-state index in [4.69, 9.17) is 4.52 Å². The molecule has 3 heterocycles. The molecule has 0 bridgehead atoms. The van der Waals surface area contributed by atoms with Gasteiger partial charge in [-0.25, -0.2) is 13.1 Å². The zero-order chi connectivity index (χ0) is 18.0. The molecule has 0 saturated carbocycles. The average molecular weight is 385 g/mol. The van der Waals surface area contributed by atoms with Gasteiger partial charge < -0.3 is 4.52 Å². The van der Waals surface area contributed by atoms with Crippen LogP contribution in [0.3, 0.4) is 0 Å². The Morgan fingerprint density at radius 2 is 1.96 bits per heavy atom. The minimum absolute atomic E-state index is 0.166. The Bertz CT molecular complexity index is 1140. The second kappa shape index (κ2) is 6.99. The molecule has 0 radical (unpaired) electrons. The fourth-order valence-electron chi connectivity index (χ4n) is 2.68. The van der Waals surface area contributed by atoms with Crippen molar-refractivity contribution in [2.24, 2.45) is 0 Å². The maximum Gasteiger partial charge on any atom is 0.217 e. The molecule has 0 saturated heterocycles. The van der Waals surface area contributed by atoms with E-state index in [-0.39, 0.29) is 12.3 Å². The van der Waals surface area contributed by atoms with Gasteiger partial charge in [-0.05, 0) is 35.2 Å². The smallest absolute Gasteiger partial charge is 0.217 e. The molecule has 0 aliphatic heterocycles. The van der Waals surface area contributed by atoms with Crippen LogP contribution in [0.4, 0.5) is 0 Å². The van der Waals surface area contributed by atoms with Crippen molar-refractivity contribution in [2.75, 3.05) is 0 Å². The van der Waals surface area contributed by atoms with Crippen molar-refractivity contribution in [3.8, 4) is 10.6 Å². The molecule has 0 amide bonds. The molecule has 0 spiro atoms. The highest BCUT2D eigenvalue weighted by Crippen LogP contribution is 2.26. The van der Waals surface area contributed by atoms with E-state index in [0.29, 0.717) is 16.7 Å². The number of fused-ring (bicyclic) bond motifs is 1. The van der Waals surface area contributed by atoms with E-state index in [2.05, 4.69) is 14.9 Å². The fraction of sp³-hybridized carbons (Fsp3) is 0.111. The van der Waals surface area contributed by atoms with E-state index >= 15 is 0 Å². The van der Waals surface area contributed by atoms with E-state index in [9.17, 15) is 8.42 Å². The predicted octanol–water partition coefficient (Wildman–Crippen LogP) is 3.57. The number of benzene rings is 1. The highest BCUT2D eigenvalue weighted by atomic mass is 32.2. The lowest BCUT2D eigenvalue weighted by Gasteiger charge is -2.09. The summed E-state index contributed by atoms with van der Waals surface area (Å²) in [6, 6.07) is 14.8. The van der Waals surface area contributed by atoms with E-state index in [1.54, 1.807) is 35.7 Å². The molecule has 0 fully saturated rings. The molecule has 0 unspecified atom stereocenters. The first kappa shape index (κ1) is 16.9. The first-order valence-corrected chi connectivity index (χ1v) is 10.4. The number of thiophene rings is 1. The normalized spacial score (nSPS) is 11.8. The van der Waals surface area contributed by atoms with E-state index in [0.717, 1.165) is 16.1 Å². The topological polar surface area (TPSA) is 85.1 Å². The summed E-state index contributed by atoms with van der Waals surface area (Å²) in [4.78, 5) is 5.39. The zero-order valence-corrected chi connectivity index (χ0v) is 15.3. The van der Waals surface area contributed by atoms with Gasteiger partial charge in [-0.2, -0.15) is 0 Å². The van der Waals surface area contributed by atoms with Crippen LogP contribution < -0.4 is 4.72 Å². The van der Waals surface area contributed by atoms with Gasteiger partial charge in [0.2, 0.25) is 10.0 Å². The van der Waals surface area contributed by atoms with Crippen LogP contribution in [0.1, 0.15) is 11.3 Å². The molecule has 132 valence electrons. The summed E-state index contributed by atoms with van der Waals surface area (Å²) in [7, 11) is -3.58. The minimum Gasteiger partial charge on any atom is -0.356 e. The van der Waals surface area contributed by atoms with Gasteiger partial charge in [0, 0.05) is 18.1 Å². The van der Waals surface area contributed by atoms with Crippen molar-refractivity contribution in [3.05, 3.63) is 71.4 Å². The van der Waals surface area contributed by atoms with Gasteiger partial charge in [0.15, 0.2) is 5.58 Å². The number of hydrogen-bond donors (Lipinski definition) is 1. The van der Waals surface area contributed by atoms with Crippen molar-refractivity contribution in [3.63, 3.8) is 0 Å². The monoisotopic (exact) mass is 385 g/mol. The van der Waals surface area contributed by atoms with Crippen LogP contribution in [0, 0.1) is 0 Å². The molecule has 4 rings (SSSR count). The number of sulfonamides is 1. The lowest BCUT2D eigenvalue weighted by molar-refractivity contribution is 0.448. The Kier molecular flexibility index (Phi) is 4.54. The lowest BCUT2D eigenvalue weighted by atomic mass is 10.2. The van der Waals surface area contributed by atoms with Crippen LogP contribution in [0.2, 0.25) is 0 Å². The van der Waals surface area contributed by atoms with Crippen molar-refractivity contribution in [1.82, 2.24) is 14.9 Å². The summed E-state index contributed by atoms with van der Waals surface area (Å²) in [5.74, 6) is -0.237. The summed E-state index contributed by atoms with van der Waals surface area (Å²) in [5.41, 5.74) is 2.59. The van der Waals surface area contributed by atoms with Crippen LogP contribution in [0.5, 0.6) is 0 Å². The summed E-state index contributed by atoms with van der Waals surface area (Å²) in [5, 5.41) is 6.56. The highest BCUT2D eigenvalue weighted by Gasteiger charge is 2.18. The molecule has 26 heavy (non-hydrogen) atoms.